The van der Waals surface area contributed by atoms with Crippen LogP contribution in [0.15, 0.2) is 97.1 Å². The summed E-state index contributed by atoms with van der Waals surface area (Å²) in [6.07, 6.45) is 0.686. The zero-order chi connectivity index (χ0) is 24.6. The predicted octanol–water partition coefficient (Wildman–Crippen LogP) is 6.89. The summed E-state index contributed by atoms with van der Waals surface area (Å²) in [5.74, 6) is -0.254. The van der Waals surface area contributed by atoms with Crippen LogP contribution in [-0.2, 0) is 0 Å². The molecule has 4 rings (SSSR count). The first kappa shape index (κ1) is 23.6. The Morgan fingerprint density at radius 3 is 2.17 bits per heavy atom. The highest BCUT2D eigenvalue weighted by atomic mass is 16.5. The molecule has 6 nitrogen and oxygen atoms in total. The summed E-state index contributed by atoms with van der Waals surface area (Å²) in [5, 5.41) is 12.7. The fourth-order valence-electron chi connectivity index (χ4n) is 3.56. The predicted molar refractivity (Wildman–Crippen MR) is 136 cm³/mol. The van der Waals surface area contributed by atoms with Gasteiger partial charge in [0.05, 0.1) is 12.3 Å². The molecule has 4 aromatic rings. The minimum atomic E-state index is -1.14. The van der Waals surface area contributed by atoms with E-state index in [-0.39, 0.29) is 17.0 Å². The highest BCUT2D eigenvalue weighted by Crippen LogP contribution is 2.36. The number of carbonyl (C=O) groups excluding carboxylic acids is 1. The van der Waals surface area contributed by atoms with Crippen LogP contribution in [0.3, 0.4) is 0 Å². The Hall–Kier alpha value is -4.58. The lowest BCUT2D eigenvalue weighted by atomic mass is 10.0. The van der Waals surface area contributed by atoms with Crippen LogP contribution in [0.1, 0.15) is 34.1 Å². The van der Waals surface area contributed by atoms with Crippen LogP contribution in [0.25, 0.3) is 11.1 Å². The summed E-state index contributed by atoms with van der Waals surface area (Å²) in [6, 6.07) is 28.7. The third kappa shape index (κ3) is 5.86. The molecule has 2 N–H and O–H groups in total. The summed E-state index contributed by atoms with van der Waals surface area (Å²) in [7, 11) is 0. The van der Waals surface area contributed by atoms with E-state index in [1.54, 1.807) is 36.4 Å². The van der Waals surface area contributed by atoms with Crippen LogP contribution in [0.4, 0.5) is 5.69 Å². The van der Waals surface area contributed by atoms with E-state index in [4.69, 9.17) is 9.47 Å². The lowest BCUT2D eigenvalue weighted by Gasteiger charge is -2.17. The number of carboxylic acids is 1. The number of aromatic carboxylic acids is 1. The maximum absolute atomic E-state index is 13.2. The number of carboxylic acid groups (broad SMARTS) is 1. The van der Waals surface area contributed by atoms with Crippen LogP contribution in [0.5, 0.6) is 17.2 Å². The van der Waals surface area contributed by atoms with E-state index >= 15 is 0 Å². The lowest BCUT2D eigenvalue weighted by molar-refractivity contribution is 0.0692. The van der Waals surface area contributed by atoms with Crippen molar-refractivity contribution in [3.63, 3.8) is 0 Å². The van der Waals surface area contributed by atoms with Gasteiger partial charge in [-0.3, -0.25) is 4.79 Å². The van der Waals surface area contributed by atoms with Crippen LogP contribution in [-0.4, -0.2) is 23.6 Å². The van der Waals surface area contributed by atoms with Crippen molar-refractivity contribution in [2.45, 2.75) is 13.3 Å². The number of carbonyl (C=O) groups is 2. The average Bonchev–Trinajstić information content (AvgIpc) is 2.88. The summed E-state index contributed by atoms with van der Waals surface area (Å²) in [5.41, 5.74) is 2.11. The van der Waals surface area contributed by atoms with Gasteiger partial charge in [-0.2, -0.15) is 0 Å². The second-order valence-corrected chi connectivity index (χ2v) is 7.82. The van der Waals surface area contributed by atoms with Gasteiger partial charge in [-0.25, -0.2) is 4.79 Å². The first-order chi connectivity index (χ1) is 17.0. The number of anilines is 1. The maximum Gasteiger partial charge on any atom is 0.339 e. The zero-order valence-corrected chi connectivity index (χ0v) is 19.2. The number of ether oxygens (including phenoxy) is 2. The van der Waals surface area contributed by atoms with E-state index in [0.29, 0.717) is 35.7 Å². The van der Waals surface area contributed by atoms with Gasteiger partial charge < -0.3 is 19.9 Å². The molecular weight excluding hydrogens is 442 g/mol. The summed E-state index contributed by atoms with van der Waals surface area (Å²) in [4.78, 5) is 25.3. The first-order valence-electron chi connectivity index (χ1n) is 11.3. The topological polar surface area (TPSA) is 84.9 Å². The molecule has 0 aromatic heterocycles. The smallest absolute Gasteiger partial charge is 0.339 e. The molecule has 0 bridgehead atoms. The molecule has 0 unspecified atom stereocenters. The second kappa shape index (κ2) is 11.0. The molecule has 0 aliphatic rings. The van der Waals surface area contributed by atoms with Gasteiger partial charge in [-0.1, -0.05) is 61.5 Å². The second-order valence-electron chi connectivity index (χ2n) is 7.82. The number of amides is 1. The van der Waals surface area contributed by atoms with E-state index in [9.17, 15) is 14.7 Å². The van der Waals surface area contributed by atoms with Crippen molar-refractivity contribution in [1.82, 2.24) is 0 Å². The molecule has 0 fully saturated rings. The number of rotatable bonds is 9. The molecule has 0 saturated heterocycles. The Morgan fingerprint density at radius 1 is 0.800 bits per heavy atom. The summed E-state index contributed by atoms with van der Waals surface area (Å²) < 4.78 is 11.6. The van der Waals surface area contributed by atoms with Crippen molar-refractivity contribution in [2.24, 2.45) is 0 Å². The van der Waals surface area contributed by atoms with Crippen molar-refractivity contribution in [1.29, 1.82) is 0 Å². The molecule has 1 amide bonds. The van der Waals surface area contributed by atoms with Crippen molar-refractivity contribution < 1.29 is 24.2 Å². The maximum atomic E-state index is 13.2. The molecule has 35 heavy (non-hydrogen) atoms. The van der Waals surface area contributed by atoms with Gasteiger partial charge in [0.15, 0.2) is 5.75 Å². The van der Waals surface area contributed by atoms with E-state index < -0.39 is 11.9 Å². The minimum Gasteiger partial charge on any atom is -0.491 e. The Kier molecular flexibility index (Phi) is 7.43. The molecule has 176 valence electrons. The third-order valence-corrected chi connectivity index (χ3v) is 5.20. The van der Waals surface area contributed by atoms with E-state index in [0.717, 1.165) is 5.56 Å². The summed E-state index contributed by atoms with van der Waals surface area (Å²) in [6.45, 7) is 2.24. The Morgan fingerprint density at radius 2 is 1.49 bits per heavy atom. The van der Waals surface area contributed by atoms with Crippen molar-refractivity contribution in [3.05, 3.63) is 108 Å². The number of nitrogens with one attached hydrogen (secondary N) is 1. The standard InChI is InChI=1S/C29H25NO5/c1-2-16-34-27-25(29(32)33)18-22(20-10-5-3-6-11-20)19-26(27)30-28(31)21-12-9-15-24(17-21)35-23-13-7-4-8-14-23/h3-15,17-19H,2,16H2,1H3,(H,30,31)(H,32,33). The monoisotopic (exact) mass is 467 g/mol. The van der Waals surface area contributed by atoms with Gasteiger partial charge >= 0.3 is 5.97 Å². The molecule has 4 aromatic carbocycles. The Labute approximate surface area is 203 Å². The molecule has 6 heteroatoms. The van der Waals surface area contributed by atoms with Crippen LogP contribution in [0, 0.1) is 0 Å². The van der Waals surface area contributed by atoms with E-state index in [1.807, 2.05) is 67.6 Å². The largest absolute Gasteiger partial charge is 0.491 e. The number of para-hydroxylation sites is 1. The van der Waals surface area contributed by atoms with Gasteiger partial charge in [0.2, 0.25) is 0 Å². The van der Waals surface area contributed by atoms with Crippen LogP contribution >= 0.6 is 0 Å². The van der Waals surface area contributed by atoms with Crippen LogP contribution < -0.4 is 14.8 Å². The molecule has 0 heterocycles. The third-order valence-electron chi connectivity index (χ3n) is 5.20. The van der Waals surface area contributed by atoms with E-state index in [1.165, 1.54) is 0 Å². The first-order valence-corrected chi connectivity index (χ1v) is 11.3. The fourth-order valence-corrected chi connectivity index (χ4v) is 3.56. The van der Waals surface area contributed by atoms with Gasteiger partial charge in [-0.05, 0) is 60.0 Å². The van der Waals surface area contributed by atoms with Crippen LogP contribution in [0.2, 0.25) is 0 Å². The molecular formula is C29H25NO5. The molecule has 0 saturated carbocycles. The van der Waals surface area contributed by atoms with Crippen molar-refractivity contribution in [2.75, 3.05) is 11.9 Å². The molecule has 0 radical (unpaired) electrons. The highest BCUT2D eigenvalue weighted by molar-refractivity contribution is 6.07. The van der Waals surface area contributed by atoms with Gasteiger partial charge in [-0.15, -0.1) is 0 Å². The zero-order valence-electron chi connectivity index (χ0n) is 19.2. The van der Waals surface area contributed by atoms with Gasteiger partial charge in [0.25, 0.3) is 5.91 Å². The highest BCUT2D eigenvalue weighted by Gasteiger charge is 2.21. The molecule has 0 aliphatic carbocycles. The van der Waals surface area contributed by atoms with Gasteiger partial charge in [0, 0.05) is 5.56 Å². The fraction of sp³-hybridized carbons (Fsp3) is 0.103. The van der Waals surface area contributed by atoms with E-state index in [2.05, 4.69) is 5.32 Å². The van der Waals surface area contributed by atoms with Crippen molar-refractivity contribution in [3.8, 4) is 28.4 Å². The number of hydrogen-bond donors (Lipinski definition) is 2. The average molecular weight is 468 g/mol. The SMILES string of the molecule is CCCOc1c(NC(=O)c2cccc(Oc3ccccc3)c2)cc(-c2ccccc2)cc1C(=O)O. The number of hydrogen-bond acceptors (Lipinski definition) is 4. The quantitative estimate of drug-likeness (QED) is 0.280. The van der Waals surface area contributed by atoms with Gasteiger partial charge in [0.1, 0.15) is 17.1 Å². The van der Waals surface area contributed by atoms with Crippen molar-refractivity contribution >= 4 is 17.6 Å². The Bertz CT molecular complexity index is 1320. The summed E-state index contributed by atoms with van der Waals surface area (Å²) >= 11 is 0. The molecule has 0 atom stereocenters. The Balaban J connectivity index is 1.69. The lowest BCUT2D eigenvalue weighted by Crippen LogP contribution is -2.15. The number of benzene rings is 4. The normalized spacial score (nSPS) is 10.4. The minimum absolute atomic E-state index is 0.0173. The molecule has 0 aliphatic heterocycles. The molecule has 0 spiro atoms.